The number of nitrogens with zero attached hydrogens (tertiary/aromatic N) is 1. The lowest BCUT2D eigenvalue weighted by atomic mass is 9.85. The van der Waals surface area contributed by atoms with Crippen molar-refractivity contribution in [3.8, 4) is 6.07 Å². The Hall–Kier alpha value is -0.590. The van der Waals surface area contributed by atoms with E-state index in [2.05, 4.69) is 18.3 Å². The molecule has 1 saturated carbocycles. The van der Waals surface area contributed by atoms with Gasteiger partial charge in [-0.1, -0.05) is 26.2 Å². The number of aliphatic hydroxyl groups is 1. The molecule has 0 saturated heterocycles. The van der Waals surface area contributed by atoms with Gasteiger partial charge in [-0.25, -0.2) is 0 Å². The second-order valence-corrected chi connectivity index (χ2v) is 4.48. The maximum atomic E-state index is 9.59. The molecule has 0 bridgehead atoms. The summed E-state index contributed by atoms with van der Waals surface area (Å²) in [5, 5.41) is 21.9. The van der Waals surface area contributed by atoms with E-state index >= 15 is 0 Å². The van der Waals surface area contributed by atoms with Crippen molar-refractivity contribution < 1.29 is 5.11 Å². The highest BCUT2D eigenvalue weighted by molar-refractivity contribution is 4.94. The van der Waals surface area contributed by atoms with Gasteiger partial charge in [0.25, 0.3) is 0 Å². The molecule has 0 radical (unpaired) electrons. The maximum Gasteiger partial charge on any atom is 0.0672 e. The zero-order chi connectivity index (χ0) is 11.1. The van der Waals surface area contributed by atoms with Crippen LogP contribution in [0.25, 0.3) is 0 Å². The maximum absolute atomic E-state index is 9.59. The number of rotatable bonds is 5. The molecular weight excluding hydrogens is 188 g/mol. The molecule has 1 aliphatic carbocycles. The molecule has 3 unspecified atom stereocenters. The van der Waals surface area contributed by atoms with Crippen molar-refractivity contribution in [2.75, 3.05) is 6.54 Å². The summed E-state index contributed by atoms with van der Waals surface area (Å²) in [5.41, 5.74) is 0. The van der Waals surface area contributed by atoms with Crippen molar-refractivity contribution in [2.24, 2.45) is 5.92 Å². The normalized spacial score (nSPS) is 28.3. The molecule has 15 heavy (non-hydrogen) atoms. The Kier molecular flexibility index (Phi) is 5.67. The van der Waals surface area contributed by atoms with Crippen LogP contribution in [0.5, 0.6) is 0 Å². The van der Waals surface area contributed by atoms with E-state index in [1.165, 1.54) is 12.8 Å². The first-order chi connectivity index (χ1) is 7.27. The summed E-state index contributed by atoms with van der Waals surface area (Å²) in [4.78, 5) is 0. The number of hydrogen-bond donors (Lipinski definition) is 2. The fourth-order valence-corrected chi connectivity index (χ4v) is 2.25. The van der Waals surface area contributed by atoms with E-state index in [4.69, 9.17) is 5.26 Å². The van der Waals surface area contributed by atoms with Crippen LogP contribution < -0.4 is 5.32 Å². The lowest BCUT2D eigenvalue weighted by molar-refractivity contribution is 0.149. The third-order valence-electron chi connectivity index (χ3n) is 3.17. The van der Waals surface area contributed by atoms with E-state index in [1.807, 2.05) is 0 Å². The summed E-state index contributed by atoms with van der Waals surface area (Å²) < 4.78 is 0. The monoisotopic (exact) mass is 210 g/mol. The predicted octanol–water partition coefficient (Wildman–Crippen LogP) is 1.82. The number of nitriles is 1. The second kappa shape index (κ2) is 6.81. The Morgan fingerprint density at radius 2 is 2.20 bits per heavy atom. The lowest BCUT2D eigenvalue weighted by Crippen LogP contribution is -2.41. The van der Waals surface area contributed by atoms with Gasteiger partial charge in [-0.2, -0.15) is 5.26 Å². The SMILES string of the molecule is CCCC(O)CNC1CCCCC1C#N. The highest BCUT2D eigenvalue weighted by atomic mass is 16.3. The minimum Gasteiger partial charge on any atom is -0.392 e. The number of aliphatic hydroxyl groups excluding tert-OH is 1. The molecule has 0 aliphatic heterocycles. The first kappa shape index (κ1) is 12.5. The number of nitrogens with one attached hydrogen (secondary N) is 1. The van der Waals surface area contributed by atoms with Gasteiger partial charge in [0.05, 0.1) is 18.1 Å². The molecule has 0 heterocycles. The summed E-state index contributed by atoms with van der Waals surface area (Å²) in [5.74, 6) is 0.146. The third-order valence-corrected chi connectivity index (χ3v) is 3.17. The Bertz CT molecular complexity index is 212. The summed E-state index contributed by atoms with van der Waals surface area (Å²) in [6.45, 7) is 2.71. The highest BCUT2D eigenvalue weighted by Crippen LogP contribution is 2.23. The van der Waals surface area contributed by atoms with E-state index in [0.717, 1.165) is 25.7 Å². The fraction of sp³-hybridized carbons (Fsp3) is 0.917. The highest BCUT2D eigenvalue weighted by Gasteiger charge is 2.24. The summed E-state index contributed by atoms with van der Waals surface area (Å²) in [6.07, 6.45) is 6.07. The van der Waals surface area contributed by atoms with E-state index < -0.39 is 0 Å². The van der Waals surface area contributed by atoms with Crippen molar-refractivity contribution >= 4 is 0 Å². The molecule has 0 aromatic heterocycles. The van der Waals surface area contributed by atoms with Crippen molar-refractivity contribution in [3.63, 3.8) is 0 Å². The van der Waals surface area contributed by atoms with Crippen LogP contribution in [0.1, 0.15) is 45.4 Å². The second-order valence-electron chi connectivity index (χ2n) is 4.48. The van der Waals surface area contributed by atoms with Crippen LogP contribution in [0.4, 0.5) is 0 Å². The quantitative estimate of drug-likeness (QED) is 0.727. The van der Waals surface area contributed by atoms with Gasteiger partial charge in [0, 0.05) is 12.6 Å². The van der Waals surface area contributed by atoms with Crippen molar-refractivity contribution in [1.29, 1.82) is 5.26 Å². The van der Waals surface area contributed by atoms with E-state index in [9.17, 15) is 5.11 Å². The van der Waals surface area contributed by atoms with Crippen molar-refractivity contribution in [3.05, 3.63) is 0 Å². The molecule has 1 aliphatic rings. The third kappa shape index (κ3) is 4.19. The Balaban J connectivity index is 2.26. The van der Waals surface area contributed by atoms with Crippen LogP contribution in [0.2, 0.25) is 0 Å². The molecule has 0 spiro atoms. The van der Waals surface area contributed by atoms with Crippen LogP contribution in [-0.4, -0.2) is 23.8 Å². The summed E-state index contributed by atoms with van der Waals surface area (Å²) in [6, 6.07) is 2.67. The summed E-state index contributed by atoms with van der Waals surface area (Å²) >= 11 is 0. The minimum atomic E-state index is -0.253. The molecule has 0 aromatic rings. The topological polar surface area (TPSA) is 56.0 Å². The van der Waals surface area contributed by atoms with Gasteiger partial charge in [-0.3, -0.25) is 0 Å². The van der Waals surface area contributed by atoms with Crippen LogP contribution >= 0.6 is 0 Å². The minimum absolute atomic E-state index is 0.146. The molecule has 0 amide bonds. The molecule has 3 nitrogen and oxygen atoms in total. The predicted molar refractivity (Wildman–Crippen MR) is 60.3 cm³/mol. The average molecular weight is 210 g/mol. The Morgan fingerprint density at radius 3 is 2.87 bits per heavy atom. The fourth-order valence-electron chi connectivity index (χ4n) is 2.25. The first-order valence-electron chi connectivity index (χ1n) is 6.09. The molecule has 0 aromatic carbocycles. The van der Waals surface area contributed by atoms with Crippen molar-refractivity contribution in [2.45, 2.75) is 57.6 Å². The lowest BCUT2D eigenvalue weighted by Gasteiger charge is -2.28. The van der Waals surface area contributed by atoms with Gasteiger partial charge in [0.1, 0.15) is 0 Å². The Labute approximate surface area is 92.5 Å². The Morgan fingerprint density at radius 1 is 1.47 bits per heavy atom. The van der Waals surface area contributed by atoms with Crippen LogP contribution in [0, 0.1) is 17.2 Å². The van der Waals surface area contributed by atoms with E-state index in [-0.39, 0.29) is 12.0 Å². The summed E-state index contributed by atoms with van der Waals surface area (Å²) in [7, 11) is 0. The van der Waals surface area contributed by atoms with Gasteiger partial charge in [-0.15, -0.1) is 0 Å². The largest absolute Gasteiger partial charge is 0.392 e. The molecule has 3 atom stereocenters. The van der Waals surface area contributed by atoms with Gasteiger partial charge in [0.2, 0.25) is 0 Å². The molecule has 2 N–H and O–H groups in total. The molecular formula is C12H22N2O. The van der Waals surface area contributed by atoms with Crippen LogP contribution in [-0.2, 0) is 0 Å². The van der Waals surface area contributed by atoms with Crippen LogP contribution in [0.3, 0.4) is 0 Å². The average Bonchev–Trinajstić information content (AvgIpc) is 2.27. The van der Waals surface area contributed by atoms with E-state index in [0.29, 0.717) is 12.6 Å². The molecule has 1 rings (SSSR count). The van der Waals surface area contributed by atoms with Gasteiger partial charge >= 0.3 is 0 Å². The smallest absolute Gasteiger partial charge is 0.0672 e. The zero-order valence-corrected chi connectivity index (χ0v) is 9.58. The van der Waals surface area contributed by atoms with Gasteiger partial charge < -0.3 is 10.4 Å². The van der Waals surface area contributed by atoms with E-state index in [1.54, 1.807) is 0 Å². The van der Waals surface area contributed by atoms with Crippen molar-refractivity contribution in [1.82, 2.24) is 5.32 Å². The molecule has 86 valence electrons. The van der Waals surface area contributed by atoms with Crippen LogP contribution in [0.15, 0.2) is 0 Å². The zero-order valence-electron chi connectivity index (χ0n) is 9.58. The van der Waals surface area contributed by atoms with Gasteiger partial charge in [-0.05, 0) is 19.3 Å². The first-order valence-corrected chi connectivity index (χ1v) is 6.09. The molecule has 1 fully saturated rings. The van der Waals surface area contributed by atoms with Gasteiger partial charge in [0.15, 0.2) is 0 Å². The standard InChI is InChI=1S/C12H22N2O/c1-2-5-11(15)9-14-12-7-4-3-6-10(12)8-13/h10-12,14-15H,2-7,9H2,1H3. The number of hydrogen-bond acceptors (Lipinski definition) is 3. The molecule has 3 heteroatoms.